The van der Waals surface area contributed by atoms with E-state index in [1.165, 1.54) is 70.7 Å². The van der Waals surface area contributed by atoms with Gasteiger partial charge in [-0.2, -0.15) is 0 Å². The summed E-state index contributed by atoms with van der Waals surface area (Å²) in [6, 6.07) is 46.5. The van der Waals surface area contributed by atoms with E-state index in [1.54, 1.807) is 0 Å². The molecule has 1 aliphatic rings. The summed E-state index contributed by atoms with van der Waals surface area (Å²) >= 11 is 0. The van der Waals surface area contributed by atoms with E-state index >= 15 is 0 Å². The Morgan fingerprint density at radius 2 is 1.09 bits per heavy atom. The molecule has 0 radical (unpaired) electrons. The van der Waals surface area contributed by atoms with Gasteiger partial charge in [0, 0.05) is 38.4 Å². The molecule has 0 atom stereocenters. The summed E-state index contributed by atoms with van der Waals surface area (Å²) in [6.07, 6.45) is 0. The number of rotatable bonds is 1. The molecule has 202 valence electrons. The number of nitrogens with zero attached hydrogens (tertiary/aromatic N) is 1. The van der Waals surface area contributed by atoms with Crippen LogP contribution >= 0.6 is 0 Å². The van der Waals surface area contributed by atoms with Crippen molar-refractivity contribution >= 4 is 65.1 Å². The second kappa shape index (κ2) is 7.93. The van der Waals surface area contributed by atoms with Crippen molar-refractivity contribution in [3.05, 3.63) is 139 Å². The molecule has 1 aliphatic carbocycles. The molecule has 0 N–H and O–H groups in total. The number of fused-ring (bicyclic) bond motifs is 15. The lowest BCUT2D eigenvalue weighted by Gasteiger charge is -2.20. The van der Waals surface area contributed by atoms with Gasteiger partial charge in [0.05, 0.1) is 11.0 Å². The van der Waals surface area contributed by atoms with E-state index in [1.807, 2.05) is 0 Å². The molecule has 0 spiro atoms. The molecule has 7 aromatic carbocycles. The number of hydrogen-bond acceptors (Lipinski definition) is 1. The van der Waals surface area contributed by atoms with Crippen molar-refractivity contribution in [2.75, 3.05) is 0 Å². The minimum Gasteiger partial charge on any atom is -0.453 e. The molecule has 2 heterocycles. The van der Waals surface area contributed by atoms with Crippen LogP contribution in [0.2, 0.25) is 0 Å². The van der Waals surface area contributed by atoms with Gasteiger partial charge >= 0.3 is 0 Å². The Balaban J connectivity index is 1.44. The Kier molecular flexibility index (Phi) is 4.29. The first-order valence-corrected chi connectivity index (χ1v) is 15.0. The van der Waals surface area contributed by atoms with E-state index in [0.717, 1.165) is 22.5 Å². The lowest BCUT2D eigenvalue weighted by Crippen LogP contribution is -2.14. The molecule has 9 aromatic rings. The smallest absolute Gasteiger partial charge is 0.159 e. The third-order valence-corrected chi connectivity index (χ3v) is 9.93. The first kappa shape index (κ1) is 23.2. The first-order valence-electron chi connectivity index (χ1n) is 15.0. The zero-order valence-electron chi connectivity index (χ0n) is 24.0. The average Bonchev–Trinajstić information content (AvgIpc) is 3.67. The largest absolute Gasteiger partial charge is 0.453 e. The second-order valence-corrected chi connectivity index (χ2v) is 12.5. The van der Waals surface area contributed by atoms with Gasteiger partial charge in [-0.3, -0.25) is 0 Å². The van der Waals surface area contributed by atoms with Gasteiger partial charge in [0.1, 0.15) is 5.76 Å². The van der Waals surface area contributed by atoms with Crippen LogP contribution in [0, 0.1) is 0 Å². The second-order valence-electron chi connectivity index (χ2n) is 12.5. The molecule has 43 heavy (non-hydrogen) atoms. The van der Waals surface area contributed by atoms with Gasteiger partial charge in [0.15, 0.2) is 5.58 Å². The molecule has 2 heteroatoms. The number of hydrogen-bond donors (Lipinski definition) is 0. The fraction of sp³-hybridized carbons (Fsp3) is 0.0732. The lowest BCUT2D eigenvalue weighted by molar-refractivity contribution is 0.621. The van der Waals surface area contributed by atoms with Gasteiger partial charge in [0.25, 0.3) is 0 Å². The van der Waals surface area contributed by atoms with E-state index in [9.17, 15) is 0 Å². The van der Waals surface area contributed by atoms with Crippen molar-refractivity contribution in [3.63, 3.8) is 0 Å². The molecule has 0 bridgehead atoms. The standard InChI is InChI=1S/C41H27NO/c1-41(2)35-19-11-10-18-30(35)39-37(41)31-21-20-29-34-22-32-27-16-8-6-14-25(27)26-15-7-9-17-28(26)33(32)23-36(34)42(38(29)40(31)43-39)24-12-4-3-5-13-24/h3-23H,1-2H3. The number of para-hydroxylation sites is 1. The molecule has 0 aliphatic heterocycles. The molecule has 2 aromatic heterocycles. The molecule has 0 unspecified atom stereocenters. The highest BCUT2D eigenvalue weighted by Crippen LogP contribution is 2.54. The topological polar surface area (TPSA) is 18.1 Å². The molecule has 0 saturated heterocycles. The van der Waals surface area contributed by atoms with Crippen LogP contribution in [-0.4, -0.2) is 4.57 Å². The molecule has 0 fully saturated rings. The summed E-state index contributed by atoms with van der Waals surface area (Å²) in [4.78, 5) is 0. The van der Waals surface area contributed by atoms with Crippen LogP contribution in [0.15, 0.2) is 132 Å². The molecular formula is C41H27NO. The van der Waals surface area contributed by atoms with Crippen LogP contribution in [0.4, 0.5) is 0 Å². The lowest BCUT2D eigenvalue weighted by atomic mass is 9.81. The van der Waals surface area contributed by atoms with Crippen molar-refractivity contribution in [2.24, 2.45) is 0 Å². The maximum absolute atomic E-state index is 6.99. The van der Waals surface area contributed by atoms with E-state index in [2.05, 4.69) is 146 Å². The van der Waals surface area contributed by atoms with Crippen LogP contribution in [0.5, 0.6) is 0 Å². The molecule has 0 saturated carbocycles. The third-order valence-electron chi connectivity index (χ3n) is 9.93. The van der Waals surface area contributed by atoms with Crippen LogP contribution in [-0.2, 0) is 5.41 Å². The Hall–Kier alpha value is -5.34. The third kappa shape index (κ3) is 2.83. The van der Waals surface area contributed by atoms with E-state index in [-0.39, 0.29) is 5.41 Å². The Morgan fingerprint density at radius 3 is 1.81 bits per heavy atom. The highest BCUT2D eigenvalue weighted by Gasteiger charge is 2.40. The highest BCUT2D eigenvalue weighted by molar-refractivity contribution is 6.29. The Bertz CT molecular complexity index is 2630. The number of benzene rings is 7. The summed E-state index contributed by atoms with van der Waals surface area (Å²) in [6.45, 7) is 4.65. The molecule has 0 amide bonds. The zero-order chi connectivity index (χ0) is 28.4. The summed E-state index contributed by atoms with van der Waals surface area (Å²) < 4.78 is 9.42. The normalized spacial score (nSPS) is 14.0. The van der Waals surface area contributed by atoms with Gasteiger partial charge in [-0.15, -0.1) is 0 Å². The first-order chi connectivity index (χ1) is 21.1. The summed E-state index contributed by atoms with van der Waals surface area (Å²) in [5.41, 5.74) is 8.11. The fourth-order valence-corrected chi connectivity index (χ4v) is 8.06. The van der Waals surface area contributed by atoms with Gasteiger partial charge < -0.3 is 8.98 Å². The number of aromatic nitrogens is 1. The van der Waals surface area contributed by atoms with Crippen LogP contribution in [0.25, 0.3) is 82.1 Å². The Morgan fingerprint density at radius 1 is 0.512 bits per heavy atom. The highest BCUT2D eigenvalue weighted by atomic mass is 16.3. The van der Waals surface area contributed by atoms with Crippen molar-refractivity contribution in [1.29, 1.82) is 0 Å². The van der Waals surface area contributed by atoms with Crippen molar-refractivity contribution in [1.82, 2.24) is 4.57 Å². The quantitative estimate of drug-likeness (QED) is 0.186. The molecular weight excluding hydrogens is 522 g/mol. The fourth-order valence-electron chi connectivity index (χ4n) is 8.06. The number of furan rings is 1. The van der Waals surface area contributed by atoms with Crippen molar-refractivity contribution < 1.29 is 4.42 Å². The minimum absolute atomic E-state index is 0.138. The van der Waals surface area contributed by atoms with Crippen molar-refractivity contribution in [3.8, 4) is 17.0 Å². The van der Waals surface area contributed by atoms with Gasteiger partial charge in [-0.25, -0.2) is 0 Å². The van der Waals surface area contributed by atoms with E-state index in [0.29, 0.717) is 0 Å². The SMILES string of the molecule is CC1(C)c2ccccc2-c2oc3c(ccc4c5cc6c7ccccc7c7ccccc7c6cc5n(-c5ccccc5)c43)c21. The van der Waals surface area contributed by atoms with Crippen LogP contribution in [0.3, 0.4) is 0 Å². The van der Waals surface area contributed by atoms with Crippen molar-refractivity contribution in [2.45, 2.75) is 19.3 Å². The maximum atomic E-state index is 6.99. The predicted octanol–water partition coefficient (Wildman–Crippen LogP) is 11.3. The van der Waals surface area contributed by atoms with E-state index in [4.69, 9.17) is 4.42 Å². The van der Waals surface area contributed by atoms with Gasteiger partial charge in [-0.1, -0.05) is 117 Å². The summed E-state index contributed by atoms with van der Waals surface area (Å²) in [7, 11) is 0. The average molecular weight is 550 g/mol. The monoisotopic (exact) mass is 549 g/mol. The van der Waals surface area contributed by atoms with Crippen LogP contribution in [0.1, 0.15) is 25.0 Å². The zero-order valence-corrected chi connectivity index (χ0v) is 24.0. The molecule has 10 rings (SSSR count). The minimum atomic E-state index is -0.138. The maximum Gasteiger partial charge on any atom is 0.159 e. The molecule has 2 nitrogen and oxygen atoms in total. The van der Waals surface area contributed by atoms with Crippen LogP contribution < -0.4 is 0 Å². The summed E-state index contributed by atoms with van der Waals surface area (Å²) in [5.74, 6) is 1.01. The summed E-state index contributed by atoms with van der Waals surface area (Å²) in [5, 5.41) is 11.4. The van der Waals surface area contributed by atoms with E-state index < -0.39 is 0 Å². The van der Waals surface area contributed by atoms with Gasteiger partial charge in [0.2, 0.25) is 0 Å². The predicted molar refractivity (Wildman–Crippen MR) is 181 cm³/mol. The Labute approximate surface area is 248 Å². The van der Waals surface area contributed by atoms with Gasteiger partial charge in [-0.05, 0) is 62.1 Å².